The van der Waals surface area contributed by atoms with E-state index in [1.165, 1.54) is 0 Å². The van der Waals surface area contributed by atoms with Gasteiger partial charge >= 0.3 is 0 Å². The van der Waals surface area contributed by atoms with Crippen LogP contribution in [0.15, 0.2) is 24.3 Å². The van der Waals surface area contributed by atoms with Crippen molar-refractivity contribution in [2.45, 2.75) is 65.5 Å². The molecule has 6 nitrogen and oxygen atoms in total. The lowest BCUT2D eigenvalue weighted by atomic mass is 9.76. The Morgan fingerprint density at radius 1 is 0.688 bits per heavy atom. The molecule has 6 heteroatoms. The van der Waals surface area contributed by atoms with E-state index in [4.69, 9.17) is 18.9 Å². The molecular weight excluding hydrogens is 408 g/mol. The van der Waals surface area contributed by atoms with Crippen LogP contribution in [0.25, 0.3) is 0 Å². The van der Waals surface area contributed by atoms with Crippen LogP contribution < -0.4 is 0 Å². The minimum atomic E-state index is -0.424. The molecule has 2 N–H and O–H groups in total. The lowest BCUT2D eigenvalue weighted by Crippen LogP contribution is -2.21. The van der Waals surface area contributed by atoms with Gasteiger partial charge in [0.15, 0.2) is 0 Å². The molecule has 0 amide bonds. The van der Waals surface area contributed by atoms with Crippen molar-refractivity contribution in [1.29, 1.82) is 0 Å². The van der Waals surface area contributed by atoms with Crippen LogP contribution in [0.4, 0.5) is 0 Å². The van der Waals surface area contributed by atoms with E-state index in [9.17, 15) is 10.2 Å². The van der Waals surface area contributed by atoms with Crippen LogP contribution in [0.5, 0.6) is 11.5 Å². The van der Waals surface area contributed by atoms with E-state index in [-0.39, 0.29) is 11.5 Å². The van der Waals surface area contributed by atoms with Gasteiger partial charge in [0, 0.05) is 55.6 Å². The molecule has 2 rings (SSSR count). The largest absolute Gasteiger partial charge is 0.507 e. The van der Waals surface area contributed by atoms with Gasteiger partial charge in [-0.2, -0.15) is 0 Å². The van der Waals surface area contributed by atoms with Gasteiger partial charge in [-0.1, -0.05) is 27.2 Å². The Balaban J connectivity index is 2.55. The Morgan fingerprint density at radius 3 is 1.41 bits per heavy atom. The maximum atomic E-state index is 10.8. The summed E-state index contributed by atoms with van der Waals surface area (Å²) in [6, 6.07) is 7.92. The third kappa shape index (κ3) is 6.23. The van der Waals surface area contributed by atoms with Gasteiger partial charge in [-0.05, 0) is 41.8 Å². The van der Waals surface area contributed by atoms with Crippen molar-refractivity contribution in [3.8, 4) is 11.5 Å². The Labute approximate surface area is 192 Å². The van der Waals surface area contributed by atoms with Crippen molar-refractivity contribution in [3.05, 3.63) is 57.6 Å². The predicted molar refractivity (Wildman–Crippen MR) is 125 cm³/mol. The van der Waals surface area contributed by atoms with Crippen LogP contribution in [0.1, 0.15) is 67.0 Å². The molecule has 0 aliphatic heterocycles. The first-order chi connectivity index (χ1) is 15.3. The zero-order valence-electron chi connectivity index (χ0n) is 20.3. The van der Waals surface area contributed by atoms with E-state index in [0.717, 1.165) is 35.1 Å². The number of ether oxygens (including phenoxy) is 4. The van der Waals surface area contributed by atoms with Gasteiger partial charge in [-0.25, -0.2) is 0 Å². The molecule has 0 aliphatic carbocycles. The molecule has 32 heavy (non-hydrogen) atoms. The fraction of sp³-hybridized carbons (Fsp3) is 0.538. The fourth-order valence-electron chi connectivity index (χ4n) is 3.74. The van der Waals surface area contributed by atoms with Crippen molar-refractivity contribution in [2.24, 2.45) is 0 Å². The highest BCUT2D eigenvalue weighted by molar-refractivity contribution is 5.52. The molecule has 0 radical (unpaired) electrons. The summed E-state index contributed by atoms with van der Waals surface area (Å²) in [6.07, 6.45) is 2.04. The third-order valence-corrected chi connectivity index (χ3v) is 5.78. The molecule has 2 aromatic rings. The second-order valence-corrected chi connectivity index (χ2v) is 8.62. The lowest BCUT2D eigenvalue weighted by molar-refractivity contribution is 0.115. The topological polar surface area (TPSA) is 77.4 Å². The number of phenolic OH excluding ortho intramolecular Hbond substituents is 2. The summed E-state index contributed by atoms with van der Waals surface area (Å²) in [6.45, 7) is 8.26. The number of hydrogen-bond donors (Lipinski definition) is 2. The zero-order chi connectivity index (χ0) is 23.7. The normalized spacial score (nSPS) is 11.8. The van der Waals surface area contributed by atoms with Crippen LogP contribution >= 0.6 is 0 Å². The summed E-state index contributed by atoms with van der Waals surface area (Å²) in [5.74, 6) is 0.415. The SMILES string of the molecule is CCCCOCc1cc(C(C)(C)c2cc(COC)c(O)c(COC)c2)cc(COC)c1O. The van der Waals surface area contributed by atoms with E-state index in [0.29, 0.717) is 44.2 Å². The van der Waals surface area contributed by atoms with Crippen molar-refractivity contribution in [3.63, 3.8) is 0 Å². The van der Waals surface area contributed by atoms with Crippen molar-refractivity contribution >= 4 is 0 Å². The number of unbranched alkanes of at least 4 members (excludes halogenated alkanes) is 1. The second kappa shape index (κ2) is 12.2. The number of methoxy groups -OCH3 is 3. The molecule has 0 saturated carbocycles. The highest BCUT2D eigenvalue weighted by atomic mass is 16.5. The molecule has 0 aromatic heterocycles. The average molecular weight is 447 g/mol. The first-order valence-electron chi connectivity index (χ1n) is 11.0. The monoisotopic (exact) mass is 446 g/mol. The molecule has 0 aliphatic rings. The lowest BCUT2D eigenvalue weighted by Gasteiger charge is -2.29. The van der Waals surface area contributed by atoms with E-state index >= 15 is 0 Å². The molecule has 0 atom stereocenters. The van der Waals surface area contributed by atoms with Gasteiger partial charge in [0.05, 0.1) is 26.4 Å². The van der Waals surface area contributed by atoms with Gasteiger partial charge in [-0.3, -0.25) is 0 Å². The summed E-state index contributed by atoms with van der Waals surface area (Å²) >= 11 is 0. The van der Waals surface area contributed by atoms with Gasteiger partial charge in [0.2, 0.25) is 0 Å². The maximum Gasteiger partial charge on any atom is 0.126 e. The molecular formula is C26H38O6. The minimum Gasteiger partial charge on any atom is -0.507 e. The van der Waals surface area contributed by atoms with Crippen LogP contribution in [0.3, 0.4) is 0 Å². The summed E-state index contributed by atoms with van der Waals surface area (Å²) in [7, 11) is 4.83. The van der Waals surface area contributed by atoms with Gasteiger partial charge in [0.1, 0.15) is 11.5 Å². The molecule has 2 aromatic carbocycles. The zero-order valence-corrected chi connectivity index (χ0v) is 20.3. The highest BCUT2D eigenvalue weighted by Crippen LogP contribution is 2.39. The predicted octanol–water partition coefficient (Wildman–Crippen LogP) is 5.18. The average Bonchev–Trinajstić information content (AvgIpc) is 2.76. The second-order valence-electron chi connectivity index (χ2n) is 8.62. The maximum absolute atomic E-state index is 10.8. The molecule has 0 fully saturated rings. The van der Waals surface area contributed by atoms with E-state index in [2.05, 4.69) is 20.8 Å². The summed E-state index contributed by atoms with van der Waals surface area (Å²) in [5, 5.41) is 21.4. The van der Waals surface area contributed by atoms with Crippen molar-refractivity contribution in [1.82, 2.24) is 0 Å². The van der Waals surface area contributed by atoms with Gasteiger partial charge < -0.3 is 29.2 Å². The first-order valence-corrected chi connectivity index (χ1v) is 11.0. The number of phenols is 2. The number of rotatable bonds is 13. The minimum absolute atomic E-state index is 0.198. The molecule has 0 saturated heterocycles. The standard InChI is InChI=1S/C26H38O6/c1-7-8-9-32-17-21-13-23(12-20(16-31-6)25(21)28)26(2,3)22-10-18(14-29-4)24(27)19(11-22)15-30-5/h10-13,27-28H,7-9,14-17H2,1-6H3. The number of hydrogen-bond acceptors (Lipinski definition) is 6. The van der Waals surface area contributed by atoms with E-state index < -0.39 is 5.41 Å². The molecule has 178 valence electrons. The van der Waals surface area contributed by atoms with E-state index in [1.54, 1.807) is 21.3 Å². The third-order valence-electron chi connectivity index (χ3n) is 5.78. The Hall–Kier alpha value is -2.12. The first kappa shape index (κ1) is 26.1. The Bertz CT molecular complexity index is 848. The Morgan fingerprint density at radius 2 is 1.06 bits per heavy atom. The van der Waals surface area contributed by atoms with Gasteiger partial charge in [0.25, 0.3) is 0 Å². The molecule has 0 heterocycles. The van der Waals surface area contributed by atoms with Crippen LogP contribution in [-0.2, 0) is 50.8 Å². The van der Waals surface area contributed by atoms with Crippen LogP contribution in [0.2, 0.25) is 0 Å². The van der Waals surface area contributed by atoms with Gasteiger partial charge in [-0.15, -0.1) is 0 Å². The van der Waals surface area contributed by atoms with E-state index in [1.807, 2.05) is 24.3 Å². The highest BCUT2D eigenvalue weighted by Gasteiger charge is 2.28. The quantitative estimate of drug-likeness (QED) is 0.413. The summed E-state index contributed by atoms with van der Waals surface area (Å²) < 4.78 is 21.7. The molecule has 0 spiro atoms. The smallest absolute Gasteiger partial charge is 0.126 e. The summed E-state index contributed by atoms with van der Waals surface area (Å²) in [4.78, 5) is 0. The molecule has 0 bridgehead atoms. The van der Waals surface area contributed by atoms with Crippen molar-refractivity contribution in [2.75, 3.05) is 27.9 Å². The Kier molecular flexibility index (Phi) is 9.97. The molecule has 0 unspecified atom stereocenters. The fourth-order valence-corrected chi connectivity index (χ4v) is 3.74. The summed E-state index contributed by atoms with van der Waals surface area (Å²) in [5.41, 5.74) is 4.50. The van der Waals surface area contributed by atoms with Crippen molar-refractivity contribution < 1.29 is 29.2 Å². The number of benzene rings is 2. The van der Waals surface area contributed by atoms with Crippen LogP contribution in [-0.4, -0.2) is 38.1 Å². The van der Waals surface area contributed by atoms with Crippen LogP contribution in [0, 0.1) is 0 Å². The number of aromatic hydroxyl groups is 2.